The van der Waals surface area contributed by atoms with Crippen LogP contribution < -0.4 is 5.32 Å². The van der Waals surface area contributed by atoms with Gasteiger partial charge in [0.25, 0.3) is 5.91 Å². The van der Waals surface area contributed by atoms with Crippen LogP contribution in [0, 0.1) is 0 Å². The minimum Gasteiger partial charge on any atom is -0.434 e. The summed E-state index contributed by atoms with van der Waals surface area (Å²) in [7, 11) is 0. The maximum Gasteiger partial charge on any atom is 0.311 e. The molecule has 1 amide bonds. The van der Waals surface area contributed by atoms with Crippen molar-refractivity contribution in [3.63, 3.8) is 0 Å². The minimum absolute atomic E-state index is 0.452. The molecule has 0 radical (unpaired) electrons. The maximum absolute atomic E-state index is 11.8. The molecular weight excluding hydrogens is 240 g/mol. The zero-order valence-electron chi connectivity index (χ0n) is 10.7. The van der Waals surface area contributed by atoms with Gasteiger partial charge in [-0.2, -0.15) is 0 Å². The van der Waals surface area contributed by atoms with Crippen LogP contribution in [0.1, 0.15) is 20.3 Å². The number of nitrogens with one attached hydrogen (secondary N) is 1. The second-order valence-electron chi connectivity index (χ2n) is 4.72. The fourth-order valence-electron chi connectivity index (χ4n) is 1.66. The Morgan fingerprint density at radius 2 is 1.94 bits per heavy atom. The molecule has 0 saturated carbocycles. The van der Waals surface area contributed by atoms with E-state index in [0.29, 0.717) is 26.2 Å². The fourth-order valence-corrected chi connectivity index (χ4v) is 1.66. The van der Waals surface area contributed by atoms with E-state index in [1.54, 1.807) is 0 Å². The second-order valence-corrected chi connectivity index (χ2v) is 4.72. The predicted molar refractivity (Wildman–Crippen MR) is 62.5 cm³/mol. The first-order valence-electron chi connectivity index (χ1n) is 5.91. The van der Waals surface area contributed by atoms with Crippen molar-refractivity contribution in [2.75, 3.05) is 26.2 Å². The van der Waals surface area contributed by atoms with Crippen molar-refractivity contribution in [3.05, 3.63) is 0 Å². The number of amides is 1. The molecule has 18 heavy (non-hydrogen) atoms. The number of hydrogen-bond donors (Lipinski definition) is 3. The topological polar surface area (TPSA) is 99.1 Å². The Morgan fingerprint density at radius 1 is 1.39 bits per heavy atom. The standard InChI is InChI=1S/C11H20N2O5/c1-11(2,17)18-9(15)7-8(14)10(16)13-5-3-12-4-6-13/h8,12,14,17H,3-7H2,1-2H3/t8-/m1/s1. The van der Waals surface area contributed by atoms with E-state index in [1.807, 2.05) is 0 Å². The quantitative estimate of drug-likeness (QED) is 0.418. The van der Waals surface area contributed by atoms with Gasteiger partial charge in [-0.3, -0.25) is 9.59 Å². The summed E-state index contributed by atoms with van der Waals surface area (Å²) in [4.78, 5) is 24.6. The number of nitrogens with zero attached hydrogens (tertiary/aromatic N) is 1. The SMILES string of the molecule is CC(C)(O)OC(=O)C[C@@H](O)C(=O)N1CCNCC1. The van der Waals surface area contributed by atoms with Gasteiger partial charge in [-0.1, -0.05) is 0 Å². The number of carbonyl (C=O) groups excluding carboxylic acids is 2. The molecule has 1 aliphatic rings. The van der Waals surface area contributed by atoms with Crippen molar-refractivity contribution in [3.8, 4) is 0 Å². The Labute approximate surface area is 106 Å². The molecule has 0 spiro atoms. The Hall–Kier alpha value is -1.18. The highest BCUT2D eigenvalue weighted by Crippen LogP contribution is 2.08. The number of piperazine rings is 1. The third kappa shape index (κ3) is 4.99. The molecule has 0 aliphatic carbocycles. The average Bonchev–Trinajstić information content (AvgIpc) is 2.26. The molecule has 1 heterocycles. The van der Waals surface area contributed by atoms with Gasteiger partial charge in [-0.15, -0.1) is 0 Å². The Balaban J connectivity index is 2.41. The van der Waals surface area contributed by atoms with E-state index in [1.165, 1.54) is 18.7 Å². The Morgan fingerprint density at radius 3 is 2.44 bits per heavy atom. The van der Waals surface area contributed by atoms with E-state index in [2.05, 4.69) is 10.1 Å². The van der Waals surface area contributed by atoms with Gasteiger partial charge in [0.05, 0.1) is 6.42 Å². The largest absolute Gasteiger partial charge is 0.434 e. The molecule has 0 bridgehead atoms. The summed E-state index contributed by atoms with van der Waals surface area (Å²) >= 11 is 0. The predicted octanol–water partition coefficient (Wildman–Crippen LogP) is -1.56. The van der Waals surface area contributed by atoms with E-state index in [4.69, 9.17) is 0 Å². The van der Waals surface area contributed by atoms with Crippen molar-refractivity contribution in [2.24, 2.45) is 0 Å². The molecule has 1 rings (SSSR count). The summed E-state index contributed by atoms with van der Waals surface area (Å²) in [5.41, 5.74) is 0. The smallest absolute Gasteiger partial charge is 0.311 e. The molecule has 7 heteroatoms. The lowest BCUT2D eigenvalue weighted by atomic mass is 10.2. The van der Waals surface area contributed by atoms with Gasteiger partial charge in [0.2, 0.25) is 5.79 Å². The third-order valence-electron chi connectivity index (χ3n) is 2.44. The van der Waals surface area contributed by atoms with Crippen LogP contribution in [0.15, 0.2) is 0 Å². The zero-order chi connectivity index (χ0) is 13.8. The molecule has 1 atom stereocenters. The number of esters is 1. The number of carbonyl (C=O) groups is 2. The summed E-state index contributed by atoms with van der Waals surface area (Å²) in [6, 6.07) is 0. The van der Waals surface area contributed by atoms with E-state index in [-0.39, 0.29) is 0 Å². The van der Waals surface area contributed by atoms with Crippen LogP contribution in [0.5, 0.6) is 0 Å². The monoisotopic (exact) mass is 260 g/mol. The zero-order valence-corrected chi connectivity index (χ0v) is 10.7. The second kappa shape index (κ2) is 6.12. The molecule has 0 unspecified atom stereocenters. The summed E-state index contributed by atoms with van der Waals surface area (Å²) in [5, 5.41) is 22.0. The molecule has 3 N–H and O–H groups in total. The minimum atomic E-state index is -1.60. The van der Waals surface area contributed by atoms with Gasteiger partial charge < -0.3 is 25.2 Å². The van der Waals surface area contributed by atoms with Crippen LogP contribution in [0.2, 0.25) is 0 Å². The van der Waals surface area contributed by atoms with Crippen LogP contribution in [0.4, 0.5) is 0 Å². The van der Waals surface area contributed by atoms with Crippen LogP contribution in [-0.4, -0.2) is 65.1 Å². The Kier molecular flexibility index (Phi) is 5.06. The van der Waals surface area contributed by atoms with Crippen LogP contribution in [0.25, 0.3) is 0 Å². The first kappa shape index (κ1) is 14.9. The average molecular weight is 260 g/mol. The number of rotatable bonds is 4. The summed E-state index contributed by atoms with van der Waals surface area (Å²) in [6.07, 6.45) is -1.87. The first-order chi connectivity index (χ1) is 8.29. The first-order valence-corrected chi connectivity index (χ1v) is 5.91. The number of aliphatic hydroxyl groups is 2. The van der Waals surface area contributed by atoms with Gasteiger partial charge in [0.15, 0.2) is 0 Å². The fraction of sp³-hybridized carbons (Fsp3) is 0.818. The Bertz CT molecular complexity index is 307. The maximum atomic E-state index is 11.8. The lowest BCUT2D eigenvalue weighted by Gasteiger charge is -2.29. The third-order valence-corrected chi connectivity index (χ3v) is 2.44. The highest BCUT2D eigenvalue weighted by molar-refractivity contribution is 5.85. The highest BCUT2D eigenvalue weighted by atomic mass is 16.7. The van der Waals surface area contributed by atoms with Crippen molar-refractivity contribution in [2.45, 2.75) is 32.2 Å². The van der Waals surface area contributed by atoms with Crippen molar-refractivity contribution in [1.29, 1.82) is 0 Å². The molecule has 0 aromatic rings. The van der Waals surface area contributed by atoms with E-state index < -0.39 is 30.2 Å². The molecule has 1 fully saturated rings. The van der Waals surface area contributed by atoms with Gasteiger partial charge in [-0.05, 0) is 0 Å². The van der Waals surface area contributed by atoms with Crippen molar-refractivity contribution < 1.29 is 24.5 Å². The van der Waals surface area contributed by atoms with Gasteiger partial charge in [0, 0.05) is 40.0 Å². The molecule has 1 saturated heterocycles. The van der Waals surface area contributed by atoms with Crippen LogP contribution in [0.3, 0.4) is 0 Å². The summed E-state index contributed by atoms with van der Waals surface area (Å²) in [6.45, 7) is 4.97. The molecule has 7 nitrogen and oxygen atoms in total. The van der Waals surface area contributed by atoms with Crippen LogP contribution in [-0.2, 0) is 14.3 Å². The number of hydrogen-bond acceptors (Lipinski definition) is 6. The summed E-state index contributed by atoms with van der Waals surface area (Å²) in [5.74, 6) is -2.89. The van der Waals surface area contributed by atoms with Crippen molar-refractivity contribution in [1.82, 2.24) is 10.2 Å². The van der Waals surface area contributed by atoms with Gasteiger partial charge >= 0.3 is 5.97 Å². The molecule has 104 valence electrons. The lowest BCUT2D eigenvalue weighted by Crippen LogP contribution is -2.50. The molecule has 1 aliphatic heterocycles. The van der Waals surface area contributed by atoms with Crippen LogP contribution >= 0.6 is 0 Å². The number of ether oxygens (including phenoxy) is 1. The molecular formula is C11H20N2O5. The van der Waals surface area contributed by atoms with E-state index in [9.17, 15) is 19.8 Å². The van der Waals surface area contributed by atoms with Crippen molar-refractivity contribution >= 4 is 11.9 Å². The summed E-state index contributed by atoms with van der Waals surface area (Å²) < 4.78 is 4.62. The van der Waals surface area contributed by atoms with Gasteiger partial charge in [0.1, 0.15) is 6.10 Å². The molecule has 0 aromatic carbocycles. The normalized spacial score (nSPS) is 18.3. The van der Waals surface area contributed by atoms with E-state index in [0.717, 1.165) is 0 Å². The van der Waals surface area contributed by atoms with Gasteiger partial charge in [-0.25, -0.2) is 0 Å². The molecule has 0 aromatic heterocycles. The highest BCUT2D eigenvalue weighted by Gasteiger charge is 2.28. The van der Waals surface area contributed by atoms with E-state index >= 15 is 0 Å². The number of aliphatic hydroxyl groups excluding tert-OH is 1. The lowest BCUT2D eigenvalue weighted by molar-refractivity contribution is -0.197.